The van der Waals surface area contributed by atoms with E-state index < -0.39 is 10.0 Å². The second-order valence-electron chi connectivity index (χ2n) is 5.23. The van der Waals surface area contributed by atoms with E-state index >= 15 is 0 Å². The second-order valence-corrected chi connectivity index (χ2v) is 7.96. The van der Waals surface area contributed by atoms with Gasteiger partial charge in [-0.2, -0.15) is 0 Å². The third-order valence-corrected chi connectivity index (χ3v) is 5.61. The number of aromatic nitrogens is 2. The summed E-state index contributed by atoms with van der Waals surface area (Å²) in [6.45, 7) is 0.975. The van der Waals surface area contributed by atoms with Gasteiger partial charge in [0.15, 0.2) is 0 Å². The minimum atomic E-state index is -3.48. The largest absolute Gasteiger partial charge is 0.352 e. The van der Waals surface area contributed by atoms with Crippen LogP contribution in [0.5, 0.6) is 0 Å². The number of aryl methyl sites for hydroxylation is 1. The van der Waals surface area contributed by atoms with E-state index in [1.807, 2.05) is 11.6 Å². The van der Waals surface area contributed by atoms with Crippen molar-refractivity contribution in [3.05, 3.63) is 34.5 Å². The van der Waals surface area contributed by atoms with Crippen LogP contribution < -0.4 is 10.0 Å². The average Bonchev–Trinajstić information content (AvgIpc) is 2.98. The molecule has 1 saturated carbocycles. The lowest BCUT2D eigenvalue weighted by molar-refractivity contribution is 0.581. The quantitative estimate of drug-likeness (QED) is 0.802. The molecule has 2 N–H and O–H groups in total. The third kappa shape index (κ3) is 3.70. The molecule has 2 heterocycles. The van der Waals surface area contributed by atoms with Crippen LogP contribution in [0.25, 0.3) is 0 Å². The summed E-state index contributed by atoms with van der Waals surface area (Å²) in [5, 5.41) is 3.39. The van der Waals surface area contributed by atoms with Crippen molar-refractivity contribution in [1.82, 2.24) is 19.6 Å². The first-order chi connectivity index (χ1) is 10.0. The molecule has 6 nitrogen and oxygen atoms in total. The highest BCUT2D eigenvalue weighted by Gasteiger charge is 2.22. The van der Waals surface area contributed by atoms with Gasteiger partial charge >= 0.3 is 0 Å². The molecule has 0 amide bonds. The summed E-state index contributed by atoms with van der Waals surface area (Å²) in [5.41, 5.74) is 2.66. The number of rotatable bonds is 7. The van der Waals surface area contributed by atoms with E-state index in [1.54, 1.807) is 24.0 Å². The van der Waals surface area contributed by atoms with Crippen molar-refractivity contribution < 1.29 is 8.42 Å². The summed E-state index contributed by atoms with van der Waals surface area (Å²) in [4.78, 5) is 5.13. The Morgan fingerprint density at radius 2 is 2.24 bits per heavy atom. The highest BCUT2D eigenvalue weighted by molar-refractivity contribution is 7.89. The Morgan fingerprint density at radius 1 is 1.43 bits per heavy atom. The zero-order valence-electron chi connectivity index (χ0n) is 11.7. The first-order valence-corrected chi connectivity index (χ1v) is 9.16. The summed E-state index contributed by atoms with van der Waals surface area (Å²) < 4.78 is 29.0. The van der Waals surface area contributed by atoms with E-state index in [-0.39, 0.29) is 6.54 Å². The number of hydrogen-bond donors (Lipinski definition) is 2. The van der Waals surface area contributed by atoms with Gasteiger partial charge in [0.25, 0.3) is 0 Å². The number of sulfonamides is 1. The summed E-state index contributed by atoms with van der Waals surface area (Å²) in [6.07, 6.45) is 5.75. The van der Waals surface area contributed by atoms with Gasteiger partial charge in [0.2, 0.25) is 10.0 Å². The van der Waals surface area contributed by atoms with Gasteiger partial charge in [-0.15, -0.1) is 11.3 Å². The van der Waals surface area contributed by atoms with Crippen molar-refractivity contribution in [2.24, 2.45) is 7.05 Å². The van der Waals surface area contributed by atoms with Crippen LogP contribution in [0.3, 0.4) is 0 Å². The van der Waals surface area contributed by atoms with E-state index in [9.17, 15) is 8.42 Å². The molecular weight excluding hydrogens is 308 g/mol. The second kappa shape index (κ2) is 5.88. The van der Waals surface area contributed by atoms with E-state index in [0.717, 1.165) is 10.6 Å². The van der Waals surface area contributed by atoms with Crippen LogP contribution in [0.2, 0.25) is 0 Å². The minimum absolute atomic E-state index is 0.275. The van der Waals surface area contributed by atoms with E-state index in [4.69, 9.17) is 0 Å². The molecule has 0 spiro atoms. The van der Waals surface area contributed by atoms with Gasteiger partial charge < -0.3 is 9.88 Å². The topological polar surface area (TPSA) is 76.0 Å². The molecule has 0 aliphatic heterocycles. The number of hydrogen-bond acceptors (Lipinski definition) is 5. The normalized spacial score (nSPS) is 15.5. The van der Waals surface area contributed by atoms with Gasteiger partial charge in [0, 0.05) is 49.1 Å². The lowest BCUT2D eigenvalue weighted by Gasteiger charge is -2.03. The first kappa shape index (κ1) is 14.7. The molecule has 1 aliphatic carbocycles. The molecule has 0 atom stereocenters. The fraction of sp³-hybridized carbons (Fsp3) is 0.462. The van der Waals surface area contributed by atoms with Crippen molar-refractivity contribution >= 4 is 21.4 Å². The molecule has 1 aliphatic rings. The maximum atomic E-state index is 12.3. The fourth-order valence-electron chi connectivity index (χ4n) is 2.02. The van der Waals surface area contributed by atoms with Crippen molar-refractivity contribution in [2.45, 2.75) is 36.9 Å². The zero-order chi connectivity index (χ0) is 14.9. The monoisotopic (exact) mass is 326 g/mol. The summed E-state index contributed by atoms with van der Waals surface area (Å²) in [6, 6.07) is 2.33. The Hall–Kier alpha value is -1.22. The van der Waals surface area contributed by atoms with Gasteiger partial charge in [0.1, 0.15) is 0 Å². The number of nitrogens with zero attached hydrogens (tertiary/aromatic N) is 2. The maximum absolute atomic E-state index is 12.3. The van der Waals surface area contributed by atoms with Gasteiger partial charge in [-0.25, -0.2) is 13.1 Å². The van der Waals surface area contributed by atoms with Gasteiger partial charge in [-0.1, -0.05) is 0 Å². The zero-order valence-corrected chi connectivity index (χ0v) is 13.4. The minimum Gasteiger partial charge on any atom is -0.352 e. The van der Waals surface area contributed by atoms with Crippen molar-refractivity contribution in [3.8, 4) is 0 Å². The first-order valence-electron chi connectivity index (χ1n) is 6.80. The lowest BCUT2D eigenvalue weighted by Crippen LogP contribution is -2.22. The molecule has 1 fully saturated rings. The average molecular weight is 326 g/mol. The smallest absolute Gasteiger partial charge is 0.242 e. The summed E-state index contributed by atoms with van der Waals surface area (Å²) in [5.74, 6) is 0. The van der Waals surface area contributed by atoms with Crippen LogP contribution in [-0.4, -0.2) is 24.0 Å². The molecule has 114 valence electrons. The van der Waals surface area contributed by atoms with Gasteiger partial charge in [0.05, 0.1) is 10.4 Å². The molecule has 8 heteroatoms. The van der Waals surface area contributed by atoms with Crippen LogP contribution in [0.4, 0.5) is 0 Å². The van der Waals surface area contributed by atoms with Gasteiger partial charge in [-0.05, 0) is 18.9 Å². The molecule has 0 unspecified atom stereocenters. The molecule has 0 saturated heterocycles. The van der Waals surface area contributed by atoms with Crippen LogP contribution in [0.15, 0.2) is 28.9 Å². The van der Waals surface area contributed by atoms with E-state index in [2.05, 4.69) is 15.0 Å². The van der Waals surface area contributed by atoms with E-state index in [1.165, 1.54) is 24.2 Å². The molecule has 3 rings (SSSR count). The molecule has 0 aromatic carbocycles. The van der Waals surface area contributed by atoms with E-state index in [0.29, 0.717) is 17.5 Å². The van der Waals surface area contributed by atoms with Gasteiger partial charge in [-0.3, -0.25) is 4.98 Å². The molecule has 2 aromatic heterocycles. The maximum Gasteiger partial charge on any atom is 0.242 e. The molecule has 0 radical (unpaired) electrons. The van der Waals surface area contributed by atoms with Crippen molar-refractivity contribution in [1.29, 1.82) is 0 Å². The summed E-state index contributed by atoms with van der Waals surface area (Å²) >= 11 is 1.43. The molecule has 21 heavy (non-hydrogen) atoms. The van der Waals surface area contributed by atoms with Crippen LogP contribution in [-0.2, 0) is 30.2 Å². The van der Waals surface area contributed by atoms with Crippen molar-refractivity contribution in [3.63, 3.8) is 0 Å². The molecule has 0 bridgehead atoms. The highest BCUT2D eigenvalue weighted by atomic mass is 32.2. The van der Waals surface area contributed by atoms with Crippen molar-refractivity contribution in [2.75, 3.05) is 0 Å². The Kier molecular flexibility index (Phi) is 4.12. The Labute approximate surface area is 128 Å². The highest BCUT2D eigenvalue weighted by Crippen LogP contribution is 2.20. The van der Waals surface area contributed by atoms with Crippen LogP contribution in [0, 0.1) is 0 Å². The standard InChI is InChI=1S/C13H18N4O2S2/c1-17-8-13(4-11(17)5-15-10-2-3-10)21(18,19)16-7-12-6-14-9-20-12/h4,6,8-10,15-16H,2-3,5,7H2,1H3. The summed E-state index contributed by atoms with van der Waals surface area (Å²) in [7, 11) is -1.61. The number of thiazole rings is 1. The predicted octanol–water partition coefficient (Wildman–Crippen LogP) is 1.21. The molecular formula is C13H18N4O2S2. The SMILES string of the molecule is Cn1cc(S(=O)(=O)NCc2cncs2)cc1CNC1CC1. The lowest BCUT2D eigenvalue weighted by atomic mass is 10.4. The Bertz CT molecular complexity index is 703. The molecule has 2 aromatic rings. The number of nitrogens with one attached hydrogen (secondary N) is 2. The fourth-order valence-corrected chi connectivity index (χ4v) is 3.74. The third-order valence-electron chi connectivity index (χ3n) is 3.46. The predicted molar refractivity (Wildman–Crippen MR) is 81.4 cm³/mol. The van der Waals surface area contributed by atoms with Crippen LogP contribution in [0.1, 0.15) is 23.4 Å². The Morgan fingerprint density at radius 3 is 2.90 bits per heavy atom. The Balaban J connectivity index is 1.67. The van der Waals surface area contributed by atoms with Crippen LogP contribution >= 0.6 is 11.3 Å².